The molecule has 2 amide bonds. The summed E-state index contributed by atoms with van der Waals surface area (Å²) in [5, 5.41) is 4.01. The van der Waals surface area contributed by atoms with Crippen molar-refractivity contribution in [2.24, 2.45) is 0 Å². The van der Waals surface area contributed by atoms with Crippen LogP contribution in [0.2, 0.25) is 10.0 Å². The van der Waals surface area contributed by atoms with Gasteiger partial charge in [-0.25, -0.2) is 4.39 Å². The Labute approximate surface area is 237 Å². The highest BCUT2D eigenvalue weighted by Crippen LogP contribution is 2.26. The van der Waals surface area contributed by atoms with Crippen molar-refractivity contribution in [3.63, 3.8) is 0 Å². The predicted molar refractivity (Wildman–Crippen MR) is 154 cm³/mol. The van der Waals surface area contributed by atoms with Crippen LogP contribution in [0.3, 0.4) is 0 Å². The lowest BCUT2D eigenvalue weighted by molar-refractivity contribution is -0.139. The molecule has 0 aliphatic heterocycles. The Kier molecular flexibility index (Phi) is 10.5. The van der Waals surface area contributed by atoms with Gasteiger partial charge >= 0.3 is 0 Å². The molecular formula is C30H31Cl2FN2O2S. The summed E-state index contributed by atoms with van der Waals surface area (Å²) >= 11 is 13.7. The van der Waals surface area contributed by atoms with Crippen LogP contribution in [0.4, 0.5) is 4.39 Å². The molecule has 3 aromatic rings. The number of nitrogens with one attached hydrogen (secondary N) is 1. The molecule has 0 bridgehead atoms. The summed E-state index contributed by atoms with van der Waals surface area (Å²) in [5.74, 6) is -0.180. The fourth-order valence-electron chi connectivity index (χ4n) is 4.70. The maximum absolute atomic E-state index is 14.1. The van der Waals surface area contributed by atoms with Crippen LogP contribution in [0.15, 0.2) is 72.8 Å². The zero-order valence-corrected chi connectivity index (χ0v) is 23.4. The van der Waals surface area contributed by atoms with Gasteiger partial charge in [-0.15, -0.1) is 11.8 Å². The molecule has 200 valence electrons. The zero-order chi connectivity index (χ0) is 26.9. The van der Waals surface area contributed by atoms with Crippen LogP contribution in [0.1, 0.15) is 42.4 Å². The first-order valence-electron chi connectivity index (χ1n) is 12.8. The Balaban J connectivity index is 1.59. The smallest absolute Gasteiger partial charge is 0.243 e. The molecule has 0 aromatic heterocycles. The van der Waals surface area contributed by atoms with Crippen LogP contribution >= 0.6 is 35.0 Å². The average molecular weight is 574 g/mol. The fraction of sp³-hybridized carbons (Fsp3) is 0.333. The number of benzene rings is 3. The molecule has 0 unspecified atom stereocenters. The van der Waals surface area contributed by atoms with Crippen LogP contribution in [-0.2, 0) is 28.3 Å². The topological polar surface area (TPSA) is 49.4 Å². The number of nitrogens with zero attached hydrogens (tertiary/aromatic N) is 1. The maximum atomic E-state index is 14.1. The second-order valence-corrected chi connectivity index (χ2v) is 11.3. The minimum Gasteiger partial charge on any atom is -0.352 e. The molecule has 8 heteroatoms. The van der Waals surface area contributed by atoms with E-state index in [4.69, 9.17) is 23.2 Å². The van der Waals surface area contributed by atoms with Gasteiger partial charge in [-0.05, 0) is 47.7 Å². The molecule has 1 atom stereocenters. The van der Waals surface area contributed by atoms with E-state index in [1.807, 2.05) is 36.4 Å². The summed E-state index contributed by atoms with van der Waals surface area (Å²) in [5.41, 5.74) is 2.28. The van der Waals surface area contributed by atoms with E-state index >= 15 is 0 Å². The van der Waals surface area contributed by atoms with E-state index in [2.05, 4.69) is 5.32 Å². The normalized spacial score (nSPS) is 14.3. The highest BCUT2D eigenvalue weighted by Gasteiger charge is 2.32. The number of halogens is 3. The Hall–Kier alpha value is -2.54. The number of carbonyl (C=O) groups excluding carboxylic acids is 2. The van der Waals surface area contributed by atoms with Crippen molar-refractivity contribution in [2.75, 3.05) is 5.75 Å². The predicted octanol–water partition coefficient (Wildman–Crippen LogP) is 7.06. The van der Waals surface area contributed by atoms with E-state index in [9.17, 15) is 14.0 Å². The maximum Gasteiger partial charge on any atom is 0.243 e. The molecule has 1 aliphatic rings. The summed E-state index contributed by atoms with van der Waals surface area (Å²) < 4.78 is 14.1. The Morgan fingerprint density at radius 2 is 1.66 bits per heavy atom. The van der Waals surface area contributed by atoms with Gasteiger partial charge < -0.3 is 10.2 Å². The average Bonchev–Trinajstić information content (AvgIpc) is 3.43. The third kappa shape index (κ3) is 7.98. The number of rotatable bonds is 11. The first kappa shape index (κ1) is 28.5. The monoisotopic (exact) mass is 572 g/mol. The van der Waals surface area contributed by atoms with Crippen LogP contribution < -0.4 is 5.32 Å². The van der Waals surface area contributed by atoms with Crippen molar-refractivity contribution >= 4 is 46.8 Å². The summed E-state index contributed by atoms with van der Waals surface area (Å²) in [4.78, 5) is 29.0. The van der Waals surface area contributed by atoms with E-state index in [-0.39, 0.29) is 36.0 Å². The molecule has 1 saturated carbocycles. The summed E-state index contributed by atoms with van der Waals surface area (Å²) in [6.45, 7) is 0.200. The molecule has 1 fully saturated rings. The van der Waals surface area contributed by atoms with E-state index in [1.165, 1.54) is 17.8 Å². The lowest BCUT2D eigenvalue weighted by Crippen LogP contribution is -2.52. The van der Waals surface area contributed by atoms with Crippen LogP contribution in [0.25, 0.3) is 0 Å². The SMILES string of the molecule is O=C(NC1CCCC1)[C@H](Cc1ccccc1)N(Cc1ccc(Cl)c(Cl)c1)C(=O)CSCc1ccccc1F. The minimum atomic E-state index is -0.714. The van der Waals surface area contributed by atoms with Gasteiger partial charge in [0.1, 0.15) is 11.9 Å². The number of thioether (sulfide) groups is 1. The van der Waals surface area contributed by atoms with E-state index in [0.717, 1.165) is 36.8 Å². The minimum absolute atomic E-state index is 0.109. The fourth-order valence-corrected chi connectivity index (χ4v) is 5.92. The number of hydrogen-bond acceptors (Lipinski definition) is 3. The van der Waals surface area contributed by atoms with Gasteiger partial charge in [0.2, 0.25) is 11.8 Å². The van der Waals surface area contributed by atoms with Crippen molar-refractivity contribution in [3.8, 4) is 0 Å². The largest absolute Gasteiger partial charge is 0.352 e. The molecule has 1 N–H and O–H groups in total. The highest BCUT2D eigenvalue weighted by molar-refractivity contribution is 7.99. The lowest BCUT2D eigenvalue weighted by atomic mass is 10.0. The first-order chi connectivity index (χ1) is 18.4. The van der Waals surface area contributed by atoms with Crippen LogP contribution in [0.5, 0.6) is 0 Å². The van der Waals surface area contributed by atoms with Crippen LogP contribution in [-0.4, -0.2) is 34.6 Å². The summed E-state index contributed by atoms with van der Waals surface area (Å²) in [6.07, 6.45) is 4.45. The molecule has 0 spiro atoms. The quantitative estimate of drug-likeness (QED) is 0.267. The van der Waals surface area contributed by atoms with Crippen LogP contribution in [0, 0.1) is 5.82 Å². The van der Waals surface area contributed by atoms with Gasteiger partial charge in [-0.1, -0.05) is 90.6 Å². The number of amides is 2. The van der Waals surface area contributed by atoms with Gasteiger partial charge in [-0.2, -0.15) is 0 Å². The van der Waals surface area contributed by atoms with E-state index < -0.39 is 6.04 Å². The molecule has 4 nitrogen and oxygen atoms in total. The third-order valence-electron chi connectivity index (χ3n) is 6.75. The van der Waals surface area contributed by atoms with Crippen molar-refractivity contribution in [1.29, 1.82) is 0 Å². The second-order valence-electron chi connectivity index (χ2n) is 9.55. The molecule has 0 saturated heterocycles. The molecule has 3 aromatic carbocycles. The van der Waals surface area contributed by atoms with Crippen molar-refractivity contribution in [2.45, 2.75) is 56.5 Å². The van der Waals surface area contributed by atoms with Crippen molar-refractivity contribution < 1.29 is 14.0 Å². The second kappa shape index (κ2) is 14.0. The summed E-state index contributed by atoms with van der Waals surface area (Å²) in [6, 6.07) is 20.9. The van der Waals surface area contributed by atoms with Gasteiger partial charge in [0.05, 0.1) is 15.8 Å². The molecule has 0 radical (unpaired) electrons. The van der Waals surface area contributed by atoms with Gasteiger partial charge in [0, 0.05) is 24.8 Å². The number of hydrogen-bond donors (Lipinski definition) is 1. The first-order valence-corrected chi connectivity index (χ1v) is 14.7. The molecular weight excluding hydrogens is 542 g/mol. The third-order valence-corrected chi connectivity index (χ3v) is 8.46. The molecule has 1 aliphatic carbocycles. The van der Waals surface area contributed by atoms with Crippen molar-refractivity contribution in [3.05, 3.63) is 105 Å². The lowest BCUT2D eigenvalue weighted by Gasteiger charge is -2.32. The van der Waals surface area contributed by atoms with E-state index in [1.54, 1.807) is 35.2 Å². The standard InChI is InChI=1S/C30H31Cl2FN2O2S/c31-25-15-14-22(16-26(25)32)18-35(29(36)20-38-19-23-10-4-7-13-27(23)33)28(17-21-8-2-1-3-9-21)30(37)34-24-11-5-6-12-24/h1-4,7-10,13-16,24,28H,5-6,11-12,17-20H2,(H,34,37)/t28-/m0/s1. The Bertz CT molecular complexity index is 1240. The zero-order valence-electron chi connectivity index (χ0n) is 21.0. The van der Waals surface area contributed by atoms with Crippen molar-refractivity contribution in [1.82, 2.24) is 10.2 Å². The van der Waals surface area contributed by atoms with Gasteiger partial charge in [0.15, 0.2) is 0 Å². The van der Waals surface area contributed by atoms with Gasteiger partial charge in [-0.3, -0.25) is 9.59 Å². The highest BCUT2D eigenvalue weighted by atomic mass is 35.5. The van der Waals surface area contributed by atoms with Gasteiger partial charge in [0.25, 0.3) is 0 Å². The molecule has 38 heavy (non-hydrogen) atoms. The molecule has 0 heterocycles. The molecule has 4 rings (SSSR count). The van der Waals surface area contributed by atoms with E-state index in [0.29, 0.717) is 27.8 Å². The Morgan fingerprint density at radius 3 is 2.37 bits per heavy atom. The number of carbonyl (C=O) groups is 2. The summed E-state index contributed by atoms with van der Waals surface area (Å²) in [7, 11) is 0. The Morgan fingerprint density at radius 1 is 0.947 bits per heavy atom.